The van der Waals surface area contributed by atoms with Crippen LogP contribution in [-0.2, 0) is 0 Å². The van der Waals surface area contributed by atoms with Gasteiger partial charge in [-0.2, -0.15) is 0 Å². The molecule has 122 valence electrons. The number of rotatable bonds is 9. The third-order valence-electron chi connectivity index (χ3n) is 3.29. The van der Waals surface area contributed by atoms with Gasteiger partial charge in [-0.05, 0) is 61.4 Å². The van der Waals surface area contributed by atoms with E-state index in [1.807, 2.05) is 18.2 Å². The van der Waals surface area contributed by atoms with Gasteiger partial charge >= 0.3 is 0 Å². The van der Waals surface area contributed by atoms with Crippen molar-refractivity contribution in [1.82, 2.24) is 0 Å². The van der Waals surface area contributed by atoms with Crippen molar-refractivity contribution in [3.05, 3.63) is 66.7 Å². The Balaban J connectivity index is 1.88. The zero-order valence-corrected chi connectivity index (χ0v) is 13.3. The second-order valence-electron chi connectivity index (χ2n) is 4.99. The molecule has 0 aliphatic rings. The molecular formula is C19H22O4. The second kappa shape index (κ2) is 8.86. The van der Waals surface area contributed by atoms with Crippen LogP contribution in [0, 0.1) is 0 Å². The second-order valence-corrected chi connectivity index (χ2v) is 4.99. The summed E-state index contributed by atoms with van der Waals surface area (Å²) < 4.78 is 16.2. The Morgan fingerprint density at radius 1 is 1.00 bits per heavy atom. The van der Waals surface area contributed by atoms with E-state index in [2.05, 4.69) is 6.58 Å². The third-order valence-corrected chi connectivity index (χ3v) is 3.29. The average Bonchev–Trinajstić information content (AvgIpc) is 2.60. The number of ether oxygens (including phenoxy) is 3. The summed E-state index contributed by atoms with van der Waals surface area (Å²) in [5.74, 6) is 2.09. The minimum Gasteiger partial charge on any atom is -0.497 e. The van der Waals surface area contributed by atoms with Crippen LogP contribution in [0.2, 0.25) is 0 Å². The van der Waals surface area contributed by atoms with Crippen molar-refractivity contribution < 1.29 is 19.3 Å². The standard InChI is InChI=1S/C19H22O4/c1-3-4-5-14-22-17-8-6-15(7-9-17)19(20)23-18-12-10-16(21-2)11-13-18/h3,6-13,19-20H,1,4-5,14H2,2H3. The topological polar surface area (TPSA) is 47.9 Å². The third kappa shape index (κ3) is 5.34. The Morgan fingerprint density at radius 2 is 1.61 bits per heavy atom. The lowest BCUT2D eigenvalue weighted by atomic mass is 10.2. The summed E-state index contributed by atoms with van der Waals surface area (Å²) in [4.78, 5) is 0. The van der Waals surface area contributed by atoms with E-state index in [1.165, 1.54) is 0 Å². The van der Waals surface area contributed by atoms with Crippen LogP contribution in [0.4, 0.5) is 0 Å². The molecule has 2 aromatic rings. The van der Waals surface area contributed by atoms with Crippen LogP contribution in [0.5, 0.6) is 17.2 Å². The summed E-state index contributed by atoms with van der Waals surface area (Å²) in [5, 5.41) is 10.1. The van der Waals surface area contributed by atoms with Crippen molar-refractivity contribution in [2.24, 2.45) is 0 Å². The van der Waals surface area contributed by atoms with Gasteiger partial charge in [0.25, 0.3) is 0 Å². The van der Waals surface area contributed by atoms with E-state index in [1.54, 1.807) is 43.5 Å². The van der Waals surface area contributed by atoms with Gasteiger partial charge in [0.2, 0.25) is 6.29 Å². The first-order valence-corrected chi connectivity index (χ1v) is 7.55. The van der Waals surface area contributed by atoms with Crippen LogP contribution in [0.25, 0.3) is 0 Å². The number of methoxy groups -OCH3 is 1. The van der Waals surface area contributed by atoms with Crippen molar-refractivity contribution in [2.75, 3.05) is 13.7 Å². The summed E-state index contributed by atoms with van der Waals surface area (Å²) in [5.41, 5.74) is 0.666. The molecule has 0 saturated carbocycles. The fourth-order valence-electron chi connectivity index (χ4n) is 2.00. The fourth-order valence-corrected chi connectivity index (χ4v) is 2.00. The molecule has 0 bridgehead atoms. The molecule has 1 atom stereocenters. The summed E-state index contributed by atoms with van der Waals surface area (Å²) in [6.07, 6.45) is 2.72. The molecule has 0 aromatic heterocycles. The van der Waals surface area contributed by atoms with Crippen molar-refractivity contribution in [3.8, 4) is 17.2 Å². The van der Waals surface area contributed by atoms with Crippen LogP contribution < -0.4 is 14.2 Å². The Labute approximate surface area is 136 Å². The highest BCUT2D eigenvalue weighted by Crippen LogP contribution is 2.24. The van der Waals surface area contributed by atoms with Crippen molar-refractivity contribution in [3.63, 3.8) is 0 Å². The molecule has 4 nitrogen and oxygen atoms in total. The van der Waals surface area contributed by atoms with Crippen molar-refractivity contribution in [1.29, 1.82) is 0 Å². The summed E-state index contributed by atoms with van der Waals surface area (Å²) in [7, 11) is 1.60. The maximum atomic E-state index is 10.1. The Morgan fingerprint density at radius 3 is 2.22 bits per heavy atom. The highest BCUT2D eigenvalue weighted by molar-refractivity contribution is 5.32. The number of hydrogen-bond acceptors (Lipinski definition) is 4. The first-order valence-electron chi connectivity index (χ1n) is 7.55. The quantitative estimate of drug-likeness (QED) is 0.430. The van der Waals surface area contributed by atoms with Crippen LogP contribution in [-0.4, -0.2) is 18.8 Å². The molecule has 1 N–H and O–H groups in total. The minimum atomic E-state index is -1.03. The maximum Gasteiger partial charge on any atom is 0.224 e. The van der Waals surface area contributed by atoms with Gasteiger partial charge in [0.1, 0.15) is 17.2 Å². The van der Waals surface area contributed by atoms with Crippen LogP contribution in [0.1, 0.15) is 24.7 Å². The Hall–Kier alpha value is -2.46. The number of benzene rings is 2. The van der Waals surface area contributed by atoms with E-state index >= 15 is 0 Å². The fraction of sp³-hybridized carbons (Fsp3) is 0.263. The SMILES string of the molecule is C=CCCCOc1ccc(C(O)Oc2ccc(OC)cc2)cc1. The van der Waals surface area contributed by atoms with Crippen molar-refractivity contribution in [2.45, 2.75) is 19.1 Å². The number of unbranched alkanes of at least 4 members (excludes halogenated alkanes) is 1. The zero-order chi connectivity index (χ0) is 16.5. The highest BCUT2D eigenvalue weighted by Gasteiger charge is 2.09. The van der Waals surface area contributed by atoms with Gasteiger partial charge in [0.05, 0.1) is 13.7 Å². The maximum absolute atomic E-state index is 10.1. The lowest BCUT2D eigenvalue weighted by Gasteiger charge is -2.14. The molecule has 1 unspecified atom stereocenters. The monoisotopic (exact) mass is 314 g/mol. The normalized spacial score (nSPS) is 11.6. The minimum absolute atomic E-state index is 0.572. The van der Waals surface area contributed by atoms with Gasteiger partial charge in [-0.15, -0.1) is 6.58 Å². The van der Waals surface area contributed by atoms with Gasteiger partial charge in [0.15, 0.2) is 0 Å². The van der Waals surface area contributed by atoms with Crippen LogP contribution >= 0.6 is 0 Å². The number of allylic oxidation sites excluding steroid dienone is 1. The molecule has 0 spiro atoms. The van der Waals surface area contributed by atoms with Crippen LogP contribution in [0.15, 0.2) is 61.2 Å². The van der Waals surface area contributed by atoms with E-state index in [9.17, 15) is 5.11 Å². The molecule has 4 heteroatoms. The van der Waals surface area contributed by atoms with E-state index in [0.717, 1.165) is 24.3 Å². The zero-order valence-electron chi connectivity index (χ0n) is 13.3. The van der Waals surface area contributed by atoms with Gasteiger partial charge < -0.3 is 19.3 Å². The lowest BCUT2D eigenvalue weighted by molar-refractivity contribution is -0.0194. The van der Waals surface area contributed by atoms with Gasteiger partial charge in [-0.25, -0.2) is 0 Å². The largest absolute Gasteiger partial charge is 0.497 e. The van der Waals surface area contributed by atoms with Crippen molar-refractivity contribution >= 4 is 0 Å². The summed E-state index contributed by atoms with van der Waals surface area (Å²) >= 11 is 0. The molecule has 0 saturated heterocycles. The predicted octanol–water partition coefficient (Wildman–Crippen LogP) is 4.11. The first-order chi connectivity index (χ1) is 11.2. The molecule has 0 heterocycles. The van der Waals surface area contributed by atoms with Gasteiger partial charge in [-0.3, -0.25) is 0 Å². The summed E-state index contributed by atoms with van der Waals surface area (Å²) in [6.45, 7) is 4.33. The Bertz CT molecular complexity index is 590. The molecule has 0 fully saturated rings. The molecule has 0 amide bonds. The molecule has 0 aliphatic heterocycles. The Kier molecular flexibility index (Phi) is 6.51. The highest BCUT2D eigenvalue weighted by atomic mass is 16.6. The van der Waals surface area contributed by atoms with Gasteiger partial charge in [0, 0.05) is 5.56 Å². The number of aliphatic hydroxyl groups is 1. The first kappa shape index (κ1) is 16.9. The molecule has 0 radical (unpaired) electrons. The van der Waals surface area contributed by atoms with Gasteiger partial charge in [-0.1, -0.05) is 6.08 Å². The molecule has 2 rings (SSSR count). The molecule has 2 aromatic carbocycles. The lowest BCUT2D eigenvalue weighted by Crippen LogP contribution is -2.06. The number of hydrogen-bond donors (Lipinski definition) is 1. The average molecular weight is 314 g/mol. The van der Waals surface area contributed by atoms with E-state index < -0.39 is 6.29 Å². The van der Waals surface area contributed by atoms with Crippen LogP contribution in [0.3, 0.4) is 0 Å². The summed E-state index contributed by atoms with van der Waals surface area (Å²) in [6, 6.07) is 14.3. The predicted molar refractivity (Wildman–Crippen MR) is 89.9 cm³/mol. The van der Waals surface area contributed by atoms with E-state index in [4.69, 9.17) is 14.2 Å². The molecular weight excluding hydrogens is 292 g/mol. The molecule has 23 heavy (non-hydrogen) atoms. The smallest absolute Gasteiger partial charge is 0.224 e. The van der Waals surface area contributed by atoms with E-state index in [-0.39, 0.29) is 0 Å². The van der Waals surface area contributed by atoms with E-state index in [0.29, 0.717) is 17.9 Å². The number of aliphatic hydroxyl groups excluding tert-OH is 1. The molecule has 0 aliphatic carbocycles.